The molecule has 1 fully saturated rings. The first-order valence-electron chi connectivity index (χ1n) is 12.3. The van der Waals surface area contributed by atoms with Gasteiger partial charge in [0.05, 0.1) is 23.6 Å². The second kappa shape index (κ2) is 10.4. The van der Waals surface area contributed by atoms with Crippen molar-refractivity contribution in [2.45, 2.75) is 31.2 Å². The molecule has 0 radical (unpaired) electrons. The molecule has 3 atom stereocenters. The van der Waals surface area contributed by atoms with Gasteiger partial charge in [-0.2, -0.15) is 13.2 Å². The van der Waals surface area contributed by atoms with Crippen LogP contribution in [0.15, 0.2) is 103 Å². The lowest BCUT2D eigenvalue weighted by atomic mass is 9.78. The molecule has 1 N–H and O–H groups in total. The minimum atomic E-state index is -4.43. The molecular formula is C31H25F4NO2. The molecule has 0 bridgehead atoms. The number of carbonyl (C=O) groups is 1. The zero-order chi connectivity index (χ0) is 26.9. The van der Waals surface area contributed by atoms with Crippen molar-refractivity contribution in [3.8, 4) is 11.1 Å². The van der Waals surface area contributed by atoms with Crippen LogP contribution in [0.25, 0.3) is 11.1 Å². The molecule has 3 nitrogen and oxygen atoms in total. The van der Waals surface area contributed by atoms with Crippen molar-refractivity contribution in [3.05, 3.63) is 126 Å². The Morgan fingerprint density at radius 2 is 1.50 bits per heavy atom. The Morgan fingerprint density at radius 1 is 0.816 bits per heavy atom. The van der Waals surface area contributed by atoms with E-state index in [4.69, 9.17) is 0 Å². The van der Waals surface area contributed by atoms with Crippen LogP contribution in [-0.2, 0) is 11.0 Å². The molecule has 0 saturated carbocycles. The van der Waals surface area contributed by atoms with E-state index in [9.17, 15) is 27.5 Å². The predicted octanol–water partition coefficient (Wildman–Crippen LogP) is 7.73. The number of aliphatic hydroxyl groups excluding tert-OH is 1. The van der Waals surface area contributed by atoms with Crippen LogP contribution in [0, 0.1) is 11.7 Å². The number of anilines is 1. The normalized spacial score (nSPS) is 18.2. The molecule has 4 aromatic carbocycles. The number of hydrogen-bond donors (Lipinski definition) is 1. The molecule has 1 aliphatic rings. The SMILES string of the molecule is O=C1[C@H](CC[C@H](O)c2ccc(F)cc2)[C@@H](c2ccc(-c3cccc(C(F)(F)F)c3)cc2)N1c1ccccc1. The first-order chi connectivity index (χ1) is 18.2. The van der Waals surface area contributed by atoms with Gasteiger partial charge in [0.1, 0.15) is 5.82 Å². The van der Waals surface area contributed by atoms with Crippen LogP contribution in [0.1, 0.15) is 41.7 Å². The van der Waals surface area contributed by atoms with Crippen molar-refractivity contribution in [1.82, 2.24) is 0 Å². The number of para-hydroxylation sites is 1. The smallest absolute Gasteiger partial charge is 0.388 e. The molecule has 1 saturated heterocycles. The summed E-state index contributed by atoms with van der Waals surface area (Å²) < 4.78 is 52.8. The number of aliphatic hydroxyl groups is 1. The standard InChI is InChI=1S/C31H25F4NO2/c32-25-15-13-21(14-16-25)28(37)18-17-27-29(36(30(27)38)26-7-2-1-3-8-26)22-11-9-20(10-12-22)23-5-4-6-24(19-23)31(33,34)35/h1-16,19,27-29,37H,17-18H2/t27-,28+,29-/m1/s1. The molecule has 0 unspecified atom stereocenters. The van der Waals surface area contributed by atoms with Crippen molar-refractivity contribution in [3.63, 3.8) is 0 Å². The van der Waals surface area contributed by atoms with Crippen LogP contribution in [0.2, 0.25) is 0 Å². The number of carbonyl (C=O) groups excluding carboxylic acids is 1. The van der Waals surface area contributed by atoms with Crippen LogP contribution < -0.4 is 4.90 Å². The number of β-lactam (4-membered cyclic amide) rings is 1. The Hall–Kier alpha value is -3.97. The van der Waals surface area contributed by atoms with E-state index in [0.717, 1.165) is 23.4 Å². The van der Waals surface area contributed by atoms with Gasteiger partial charge in [-0.25, -0.2) is 4.39 Å². The van der Waals surface area contributed by atoms with Crippen molar-refractivity contribution in [2.75, 3.05) is 4.90 Å². The lowest BCUT2D eigenvalue weighted by molar-refractivity contribution is -0.137. The van der Waals surface area contributed by atoms with Gasteiger partial charge in [-0.15, -0.1) is 0 Å². The van der Waals surface area contributed by atoms with Crippen LogP contribution in [0.3, 0.4) is 0 Å². The highest BCUT2D eigenvalue weighted by Gasteiger charge is 2.48. The molecule has 0 spiro atoms. The summed E-state index contributed by atoms with van der Waals surface area (Å²) in [6, 6.07) is 27.0. The Balaban J connectivity index is 1.39. The maximum atomic E-state index is 13.2. The number of rotatable bonds is 7. The predicted molar refractivity (Wildman–Crippen MR) is 138 cm³/mol. The van der Waals surface area contributed by atoms with Gasteiger partial charge in [-0.3, -0.25) is 4.79 Å². The molecule has 5 rings (SSSR count). The third-order valence-electron chi connectivity index (χ3n) is 7.03. The van der Waals surface area contributed by atoms with Crippen molar-refractivity contribution >= 4 is 11.6 Å². The third-order valence-corrected chi connectivity index (χ3v) is 7.03. The van der Waals surface area contributed by atoms with E-state index in [1.54, 1.807) is 23.1 Å². The molecular weight excluding hydrogens is 494 g/mol. The molecule has 4 aromatic rings. The van der Waals surface area contributed by atoms with Gasteiger partial charge < -0.3 is 10.0 Å². The molecule has 1 amide bonds. The average molecular weight is 520 g/mol. The number of halogens is 4. The number of nitrogens with zero attached hydrogens (tertiary/aromatic N) is 1. The maximum absolute atomic E-state index is 13.2. The van der Waals surface area contributed by atoms with Crippen LogP contribution in [-0.4, -0.2) is 11.0 Å². The molecule has 0 aliphatic carbocycles. The van der Waals surface area contributed by atoms with E-state index in [-0.39, 0.29) is 23.7 Å². The number of amides is 1. The molecule has 0 aromatic heterocycles. The fourth-order valence-electron chi connectivity index (χ4n) is 5.02. The highest BCUT2D eigenvalue weighted by atomic mass is 19.4. The fraction of sp³-hybridized carbons (Fsp3) is 0.194. The zero-order valence-corrected chi connectivity index (χ0v) is 20.3. The highest BCUT2D eigenvalue weighted by Crippen LogP contribution is 2.46. The molecule has 7 heteroatoms. The second-order valence-corrected chi connectivity index (χ2v) is 9.44. The van der Waals surface area contributed by atoms with E-state index < -0.39 is 17.8 Å². The molecule has 38 heavy (non-hydrogen) atoms. The monoisotopic (exact) mass is 519 g/mol. The van der Waals surface area contributed by atoms with Crippen LogP contribution in [0.4, 0.5) is 23.2 Å². The van der Waals surface area contributed by atoms with Crippen molar-refractivity contribution < 1.29 is 27.5 Å². The Morgan fingerprint density at radius 3 is 2.16 bits per heavy atom. The molecule has 194 valence electrons. The summed E-state index contributed by atoms with van der Waals surface area (Å²) in [4.78, 5) is 15.0. The maximum Gasteiger partial charge on any atom is 0.416 e. The summed E-state index contributed by atoms with van der Waals surface area (Å²) in [6.45, 7) is 0. The van der Waals surface area contributed by atoms with Gasteiger partial charge in [0.15, 0.2) is 0 Å². The largest absolute Gasteiger partial charge is 0.416 e. The van der Waals surface area contributed by atoms with Gasteiger partial charge >= 0.3 is 6.18 Å². The number of hydrogen-bond acceptors (Lipinski definition) is 2. The summed E-state index contributed by atoms with van der Waals surface area (Å²) in [5.74, 6) is -0.832. The second-order valence-electron chi connectivity index (χ2n) is 9.44. The van der Waals surface area contributed by atoms with Crippen LogP contribution >= 0.6 is 0 Å². The van der Waals surface area contributed by atoms with Gasteiger partial charge in [-0.1, -0.05) is 66.7 Å². The lowest BCUT2D eigenvalue weighted by Gasteiger charge is -2.48. The Bertz CT molecular complexity index is 1400. The minimum Gasteiger partial charge on any atom is -0.388 e. The van der Waals surface area contributed by atoms with Gasteiger partial charge in [0, 0.05) is 5.69 Å². The summed E-state index contributed by atoms with van der Waals surface area (Å²) in [6.07, 6.45) is -4.52. The van der Waals surface area contributed by atoms with Crippen LogP contribution in [0.5, 0.6) is 0 Å². The van der Waals surface area contributed by atoms with E-state index in [1.165, 1.54) is 30.3 Å². The van der Waals surface area contributed by atoms with E-state index in [2.05, 4.69) is 0 Å². The highest BCUT2D eigenvalue weighted by molar-refractivity contribution is 6.03. The first kappa shape index (κ1) is 25.7. The first-order valence-corrected chi connectivity index (χ1v) is 12.3. The average Bonchev–Trinajstić information content (AvgIpc) is 2.92. The van der Waals surface area contributed by atoms with Gasteiger partial charge in [0.25, 0.3) is 0 Å². The minimum absolute atomic E-state index is 0.0607. The van der Waals surface area contributed by atoms with Gasteiger partial charge in [0.2, 0.25) is 5.91 Å². The lowest BCUT2D eigenvalue weighted by Crippen LogP contribution is -2.55. The summed E-state index contributed by atoms with van der Waals surface area (Å²) in [7, 11) is 0. The van der Waals surface area contributed by atoms with E-state index in [0.29, 0.717) is 29.5 Å². The zero-order valence-electron chi connectivity index (χ0n) is 20.3. The Labute approximate surface area is 218 Å². The summed E-state index contributed by atoms with van der Waals surface area (Å²) in [5.41, 5.74) is 2.57. The third kappa shape index (κ3) is 5.20. The molecule has 1 heterocycles. The van der Waals surface area contributed by atoms with Crippen molar-refractivity contribution in [1.29, 1.82) is 0 Å². The Kier molecular flexibility index (Phi) is 7.04. The summed E-state index contributed by atoms with van der Waals surface area (Å²) >= 11 is 0. The van der Waals surface area contributed by atoms with E-state index in [1.807, 2.05) is 42.5 Å². The molecule has 1 aliphatic heterocycles. The fourth-order valence-corrected chi connectivity index (χ4v) is 5.02. The van der Waals surface area contributed by atoms with E-state index >= 15 is 0 Å². The number of alkyl halides is 3. The number of benzene rings is 4. The topological polar surface area (TPSA) is 40.5 Å². The quantitative estimate of drug-likeness (QED) is 0.201. The summed E-state index contributed by atoms with van der Waals surface area (Å²) in [5, 5.41) is 10.6. The van der Waals surface area contributed by atoms with Gasteiger partial charge in [-0.05, 0) is 71.5 Å². The van der Waals surface area contributed by atoms with Crippen molar-refractivity contribution in [2.24, 2.45) is 5.92 Å².